The van der Waals surface area contributed by atoms with Crippen LogP contribution >= 0.6 is 0 Å². The average molecular weight is 282 g/mol. The van der Waals surface area contributed by atoms with Crippen molar-refractivity contribution in [3.05, 3.63) is 36.0 Å². The first-order chi connectivity index (χ1) is 10.3. The molecule has 2 fully saturated rings. The quantitative estimate of drug-likeness (QED) is 0.882. The van der Waals surface area contributed by atoms with Gasteiger partial charge in [-0.3, -0.25) is 0 Å². The van der Waals surface area contributed by atoms with Crippen LogP contribution in [0.5, 0.6) is 0 Å². The molecule has 0 atom stereocenters. The van der Waals surface area contributed by atoms with E-state index in [-0.39, 0.29) is 6.61 Å². The molecule has 1 heterocycles. The summed E-state index contributed by atoms with van der Waals surface area (Å²) in [6.07, 6.45) is 5.44. The number of anilines is 1. The number of aromatic nitrogens is 1. The second-order valence-corrected chi connectivity index (χ2v) is 6.61. The maximum atomic E-state index is 9.51. The monoisotopic (exact) mass is 282 g/mol. The van der Waals surface area contributed by atoms with E-state index in [2.05, 4.69) is 29.2 Å². The van der Waals surface area contributed by atoms with Gasteiger partial charge in [0.15, 0.2) is 0 Å². The SMILES string of the molecule is OCc1cc2ccccc2c(N(CC2CC2)CC2CC2)n1. The highest BCUT2D eigenvalue weighted by Gasteiger charge is 2.30. The Morgan fingerprint density at radius 3 is 2.33 bits per heavy atom. The highest BCUT2D eigenvalue weighted by Crippen LogP contribution is 2.37. The fourth-order valence-electron chi connectivity index (χ4n) is 3.03. The molecule has 1 N–H and O–H groups in total. The summed E-state index contributed by atoms with van der Waals surface area (Å²) in [5.74, 6) is 2.78. The van der Waals surface area contributed by atoms with Crippen LogP contribution in [-0.4, -0.2) is 23.2 Å². The maximum absolute atomic E-state index is 9.51. The normalized spacial score (nSPS) is 18.1. The van der Waals surface area contributed by atoms with E-state index in [0.29, 0.717) is 0 Å². The van der Waals surface area contributed by atoms with Crippen LogP contribution in [-0.2, 0) is 6.61 Å². The third-order valence-electron chi connectivity index (χ3n) is 4.59. The van der Waals surface area contributed by atoms with Crippen LogP contribution in [0.3, 0.4) is 0 Å². The largest absolute Gasteiger partial charge is 0.390 e. The number of hydrogen-bond donors (Lipinski definition) is 1. The van der Waals surface area contributed by atoms with E-state index in [9.17, 15) is 5.11 Å². The lowest BCUT2D eigenvalue weighted by Crippen LogP contribution is -2.29. The number of aliphatic hydroxyl groups is 1. The van der Waals surface area contributed by atoms with E-state index in [1.54, 1.807) is 0 Å². The summed E-state index contributed by atoms with van der Waals surface area (Å²) in [5, 5.41) is 11.9. The highest BCUT2D eigenvalue weighted by atomic mass is 16.3. The fourth-order valence-corrected chi connectivity index (χ4v) is 3.03. The molecule has 2 saturated carbocycles. The minimum absolute atomic E-state index is 0.0124. The first-order valence-corrected chi connectivity index (χ1v) is 8.08. The number of fused-ring (bicyclic) bond motifs is 1. The number of benzene rings is 1. The number of hydrogen-bond acceptors (Lipinski definition) is 3. The van der Waals surface area contributed by atoms with Crippen LogP contribution < -0.4 is 4.90 Å². The Labute approximate surface area is 125 Å². The third-order valence-corrected chi connectivity index (χ3v) is 4.59. The van der Waals surface area contributed by atoms with Gasteiger partial charge in [0.25, 0.3) is 0 Å². The molecule has 0 unspecified atom stereocenters. The molecule has 0 spiro atoms. The lowest BCUT2D eigenvalue weighted by Gasteiger charge is -2.25. The molecule has 0 amide bonds. The van der Waals surface area contributed by atoms with Crippen molar-refractivity contribution in [1.29, 1.82) is 0 Å². The van der Waals surface area contributed by atoms with Gasteiger partial charge < -0.3 is 10.0 Å². The summed E-state index contributed by atoms with van der Waals surface area (Å²) in [4.78, 5) is 7.24. The van der Waals surface area contributed by atoms with Gasteiger partial charge in [0, 0.05) is 18.5 Å². The Morgan fingerprint density at radius 1 is 1.05 bits per heavy atom. The molecule has 2 aliphatic rings. The molecular formula is C18H22N2O. The van der Waals surface area contributed by atoms with Gasteiger partial charge in [-0.2, -0.15) is 0 Å². The Kier molecular flexibility index (Phi) is 3.30. The molecule has 110 valence electrons. The molecule has 2 aromatic rings. The number of nitrogens with zero attached hydrogens (tertiary/aromatic N) is 2. The smallest absolute Gasteiger partial charge is 0.136 e. The molecule has 0 bridgehead atoms. The molecule has 4 rings (SSSR count). The van der Waals surface area contributed by atoms with Crippen molar-refractivity contribution in [3.8, 4) is 0 Å². The first kappa shape index (κ1) is 13.1. The first-order valence-electron chi connectivity index (χ1n) is 8.08. The number of pyridine rings is 1. The second kappa shape index (κ2) is 5.30. The summed E-state index contributed by atoms with van der Waals surface area (Å²) >= 11 is 0. The molecule has 2 aliphatic carbocycles. The molecule has 1 aromatic heterocycles. The van der Waals surface area contributed by atoms with Crippen LogP contribution in [0.25, 0.3) is 10.8 Å². The van der Waals surface area contributed by atoms with Crippen LogP contribution in [0.2, 0.25) is 0 Å². The Hall–Kier alpha value is -1.61. The molecule has 0 aliphatic heterocycles. The molecule has 0 saturated heterocycles. The van der Waals surface area contributed by atoms with E-state index in [0.717, 1.165) is 36.4 Å². The summed E-state index contributed by atoms with van der Waals surface area (Å²) in [7, 11) is 0. The van der Waals surface area contributed by atoms with Crippen molar-refractivity contribution in [2.24, 2.45) is 11.8 Å². The van der Waals surface area contributed by atoms with Gasteiger partial charge in [-0.1, -0.05) is 24.3 Å². The second-order valence-electron chi connectivity index (χ2n) is 6.61. The Morgan fingerprint density at radius 2 is 1.71 bits per heavy atom. The highest BCUT2D eigenvalue weighted by molar-refractivity contribution is 5.92. The summed E-state index contributed by atoms with van der Waals surface area (Å²) in [6.45, 7) is 2.27. The van der Waals surface area contributed by atoms with Gasteiger partial charge in [-0.15, -0.1) is 0 Å². The number of aliphatic hydroxyl groups excluding tert-OH is 1. The lowest BCUT2D eigenvalue weighted by molar-refractivity contribution is 0.277. The summed E-state index contributed by atoms with van der Waals surface area (Å²) in [5.41, 5.74) is 0.778. The van der Waals surface area contributed by atoms with E-state index >= 15 is 0 Å². The zero-order valence-electron chi connectivity index (χ0n) is 12.3. The zero-order valence-corrected chi connectivity index (χ0v) is 12.3. The average Bonchev–Trinajstić information content (AvgIpc) is 3.41. The lowest BCUT2D eigenvalue weighted by atomic mass is 10.1. The van der Waals surface area contributed by atoms with Gasteiger partial charge in [0.05, 0.1) is 12.3 Å². The van der Waals surface area contributed by atoms with Crippen molar-refractivity contribution in [1.82, 2.24) is 4.98 Å². The molecule has 3 nitrogen and oxygen atoms in total. The Bertz CT molecular complexity index is 633. The van der Waals surface area contributed by atoms with Gasteiger partial charge in [0.2, 0.25) is 0 Å². The van der Waals surface area contributed by atoms with Gasteiger partial charge in [0.1, 0.15) is 5.82 Å². The molecular weight excluding hydrogens is 260 g/mol. The van der Waals surface area contributed by atoms with E-state index in [1.165, 1.54) is 36.5 Å². The minimum atomic E-state index is 0.0124. The molecule has 3 heteroatoms. The van der Waals surface area contributed by atoms with Crippen LogP contribution in [0.4, 0.5) is 5.82 Å². The third kappa shape index (κ3) is 2.88. The van der Waals surface area contributed by atoms with Crippen molar-refractivity contribution in [2.45, 2.75) is 32.3 Å². The predicted molar refractivity (Wildman–Crippen MR) is 85.3 cm³/mol. The molecule has 0 radical (unpaired) electrons. The number of rotatable bonds is 6. The van der Waals surface area contributed by atoms with Gasteiger partial charge in [-0.05, 0) is 49.0 Å². The Balaban J connectivity index is 1.76. The van der Waals surface area contributed by atoms with Gasteiger partial charge >= 0.3 is 0 Å². The van der Waals surface area contributed by atoms with Crippen LogP contribution in [0.1, 0.15) is 31.4 Å². The fraction of sp³-hybridized carbons (Fsp3) is 0.500. The standard InChI is InChI=1S/C18H22N2O/c21-12-16-9-15-3-1-2-4-17(15)18(19-16)20(10-13-5-6-13)11-14-7-8-14/h1-4,9,13-14,21H,5-8,10-12H2. The van der Waals surface area contributed by atoms with E-state index in [4.69, 9.17) is 4.98 Å². The van der Waals surface area contributed by atoms with Crippen molar-refractivity contribution in [2.75, 3.05) is 18.0 Å². The van der Waals surface area contributed by atoms with E-state index in [1.807, 2.05) is 6.07 Å². The molecule has 1 aromatic carbocycles. The maximum Gasteiger partial charge on any atom is 0.136 e. The van der Waals surface area contributed by atoms with E-state index < -0.39 is 0 Å². The topological polar surface area (TPSA) is 36.4 Å². The predicted octanol–water partition coefficient (Wildman–Crippen LogP) is 3.35. The summed E-state index contributed by atoms with van der Waals surface area (Å²) in [6, 6.07) is 10.4. The van der Waals surface area contributed by atoms with Gasteiger partial charge in [-0.25, -0.2) is 4.98 Å². The van der Waals surface area contributed by atoms with Crippen molar-refractivity contribution in [3.63, 3.8) is 0 Å². The minimum Gasteiger partial charge on any atom is -0.390 e. The zero-order chi connectivity index (χ0) is 14.2. The molecule has 21 heavy (non-hydrogen) atoms. The van der Waals surface area contributed by atoms with Crippen LogP contribution in [0.15, 0.2) is 30.3 Å². The van der Waals surface area contributed by atoms with Crippen molar-refractivity contribution >= 4 is 16.6 Å². The van der Waals surface area contributed by atoms with Crippen LogP contribution in [0, 0.1) is 11.8 Å². The van der Waals surface area contributed by atoms with Crippen molar-refractivity contribution < 1.29 is 5.11 Å². The summed E-state index contributed by atoms with van der Waals surface area (Å²) < 4.78 is 0.